The molecule has 0 aliphatic carbocycles. The number of amides is 2. The van der Waals surface area contributed by atoms with Gasteiger partial charge in [-0.05, 0) is 68.2 Å². The average molecular weight is 354 g/mol. The van der Waals surface area contributed by atoms with Crippen LogP contribution < -0.4 is 5.32 Å². The molecule has 2 heterocycles. The second-order valence-corrected chi connectivity index (χ2v) is 7.24. The van der Waals surface area contributed by atoms with Crippen molar-refractivity contribution in [3.05, 3.63) is 52.8 Å². The van der Waals surface area contributed by atoms with Crippen molar-refractivity contribution in [3.8, 4) is 0 Å². The van der Waals surface area contributed by atoms with Crippen molar-refractivity contribution in [2.24, 2.45) is 0 Å². The van der Waals surface area contributed by atoms with Crippen LogP contribution in [0, 0.1) is 13.8 Å². The van der Waals surface area contributed by atoms with Crippen LogP contribution in [-0.4, -0.2) is 40.3 Å². The van der Waals surface area contributed by atoms with Crippen molar-refractivity contribution in [1.29, 1.82) is 0 Å². The van der Waals surface area contributed by atoms with Gasteiger partial charge in [0.1, 0.15) is 0 Å². The van der Waals surface area contributed by atoms with E-state index in [-0.39, 0.29) is 6.03 Å². The fourth-order valence-corrected chi connectivity index (χ4v) is 3.83. The van der Waals surface area contributed by atoms with Crippen LogP contribution in [0.2, 0.25) is 0 Å². The van der Waals surface area contributed by atoms with E-state index in [1.807, 2.05) is 15.8 Å². The number of rotatable bonds is 5. The first-order valence-corrected chi connectivity index (χ1v) is 9.68. The molecule has 0 bridgehead atoms. The molecule has 1 aromatic carbocycles. The fourth-order valence-electron chi connectivity index (χ4n) is 3.83. The predicted octanol–water partition coefficient (Wildman–Crippen LogP) is 3.65. The maximum atomic E-state index is 12.5. The lowest BCUT2D eigenvalue weighted by Crippen LogP contribution is -2.44. The van der Waals surface area contributed by atoms with Gasteiger partial charge in [-0.1, -0.05) is 18.2 Å². The highest BCUT2D eigenvalue weighted by Gasteiger charge is 2.24. The van der Waals surface area contributed by atoms with Gasteiger partial charge in [0.25, 0.3) is 0 Å². The smallest absolute Gasteiger partial charge is 0.317 e. The standard InChI is InChI=1S/C21H30N4O/c1-4-25-15-19(14-23-25)18-9-12-24(13-10-18)21(26)22-11-8-20-16(2)6-5-7-17(20)3/h5-7,14-15,18H,4,8-13H2,1-3H3,(H,22,26). The van der Waals surface area contributed by atoms with E-state index in [1.165, 1.54) is 22.3 Å². The van der Waals surface area contributed by atoms with Crippen LogP contribution >= 0.6 is 0 Å². The summed E-state index contributed by atoms with van der Waals surface area (Å²) >= 11 is 0. The van der Waals surface area contributed by atoms with Gasteiger partial charge in [-0.3, -0.25) is 4.68 Å². The average Bonchev–Trinajstić information content (AvgIpc) is 3.13. The number of carbonyl (C=O) groups is 1. The van der Waals surface area contributed by atoms with Gasteiger partial charge >= 0.3 is 6.03 Å². The first kappa shape index (κ1) is 18.5. The molecule has 1 saturated heterocycles. The highest BCUT2D eigenvalue weighted by molar-refractivity contribution is 5.74. The molecule has 0 atom stereocenters. The molecule has 1 aromatic heterocycles. The third-order valence-corrected chi connectivity index (χ3v) is 5.53. The number of aryl methyl sites for hydroxylation is 3. The number of urea groups is 1. The molecular formula is C21H30N4O. The Labute approximate surface area is 156 Å². The Balaban J connectivity index is 1.45. The lowest BCUT2D eigenvalue weighted by atomic mass is 9.92. The Kier molecular flexibility index (Phi) is 5.96. The van der Waals surface area contributed by atoms with Crippen molar-refractivity contribution in [1.82, 2.24) is 20.0 Å². The fraction of sp³-hybridized carbons (Fsp3) is 0.524. The minimum Gasteiger partial charge on any atom is -0.338 e. The number of nitrogens with one attached hydrogen (secondary N) is 1. The van der Waals surface area contributed by atoms with Gasteiger partial charge < -0.3 is 10.2 Å². The summed E-state index contributed by atoms with van der Waals surface area (Å²) in [5, 5.41) is 7.46. The number of nitrogens with zero attached hydrogens (tertiary/aromatic N) is 3. The monoisotopic (exact) mass is 354 g/mol. The zero-order chi connectivity index (χ0) is 18.5. The minimum atomic E-state index is 0.0685. The number of hydrogen-bond donors (Lipinski definition) is 1. The Morgan fingerprint density at radius 1 is 1.23 bits per heavy atom. The van der Waals surface area contributed by atoms with Crippen LogP contribution in [-0.2, 0) is 13.0 Å². The zero-order valence-electron chi connectivity index (χ0n) is 16.2. The summed E-state index contributed by atoms with van der Waals surface area (Å²) in [7, 11) is 0. The van der Waals surface area contributed by atoms with Crippen LogP contribution in [0.4, 0.5) is 4.79 Å². The van der Waals surface area contributed by atoms with Gasteiger partial charge in [0.2, 0.25) is 0 Å². The lowest BCUT2D eigenvalue weighted by molar-refractivity contribution is 0.181. The van der Waals surface area contributed by atoms with Gasteiger partial charge in [0.15, 0.2) is 0 Å². The topological polar surface area (TPSA) is 50.2 Å². The largest absolute Gasteiger partial charge is 0.338 e. The molecule has 0 saturated carbocycles. The quantitative estimate of drug-likeness (QED) is 0.891. The summed E-state index contributed by atoms with van der Waals surface area (Å²) < 4.78 is 1.97. The molecule has 5 nitrogen and oxygen atoms in total. The first-order chi connectivity index (χ1) is 12.6. The molecular weight excluding hydrogens is 324 g/mol. The van der Waals surface area contributed by atoms with Crippen molar-refractivity contribution < 1.29 is 4.79 Å². The molecule has 1 N–H and O–H groups in total. The second kappa shape index (κ2) is 8.39. The van der Waals surface area contributed by atoms with E-state index < -0.39 is 0 Å². The molecule has 3 rings (SSSR count). The minimum absolute atomic E-state index is 0.0685. The van der Waals surface area contributed by atoms with E-state index in [0.717, 1.165) is 38.9 Å². The molecule has 2 amide bonds. The maximum absolute atomic E-state index is 12.5. The van der Waals surface area contributed by atoms with Crippen molar-refractivity contribution in [3.63, 3.8) is 0 Å². The number of carbonyl (C=O) groups excluding carboxylic acids is 1. The van der Waals surface area contributed by atoms with Crippen LogP contribution in [0.25, 0.3) is 0 Å². The van der Waals surface area contributed by atoms with Gasteiger partial charge in [-0.25, -0.2) is 4.79 Å². The van der Waals surface area contributed by atoms with Crippen LogP contribution in [0.15, 0.2) is 30.6 Å². The Morgan fingerprint density at radius 3 is 2.54 bits per heavy atom. The van der Waals surface area contributed by atoms with Crippen LogP contribution in [0.3, 0.4) is 0 Å². The Bertz CT molecular complexity index is 724. The van der Waals surface area contributed by atoms with E-state index >= 15 is 0 Å². The molecule has 0 unspecified atom stereocenters. The molecule has 140 valence electrons. The summed E-state index contributed by atoms with van der Waals surface area (Å²) in [6.07, 6.45) is 7.04. The van der Waals surface area contributed by atoms with Gasteiger partial charge in [-0.15, -0.1) is 0 Å². The Hall–Kier alpha value is -2.30. The summed E-state index contributed by atoms with van der Waals surface area (Å²) in [6.45, 7) is 9.59. The highest BCUT2D eigenvalue weighted by atomic mass is 16.2. The predicted molar refractivity (Wildman–Crippen MR) is 104 cm³/mol. The summed E-state index contributed by atoms with van der Waals surface area (Å²) in [5.74, 6) is 0.522. The lowest BCUT2D eigenvalue weighted by Gasteiger charge is -2.31. The summed E-state index contributed by atoms with van der Waals surface area (Å²) in [4.78, 5) is 14.4. The SMILES string of the molecule is CCn1cc(C2CCN(C(=O)NCCc3c(C)cccc3C)CC2)cn1. The molecule has 1 fully saturated rings. The number of hydrogen-bond acceptors (Lipinski definition) is 2. The maximum Gasteiger partial charge on any atom is 0.317 e. The van der Waals surface area contributed by atoms with Gasteiger partial charge in [0.05, 0.1) is 6.20 Å². The van der Waals surface area contributed by atoms with Crippen molar-refractivity contribution in [2.45, 2.75) is 52.5 Å². The van der Waals surface area contributed by atoms with Crippen LogP contribution in [0.1, 0.15) is 47.9 Å². The first-order valence-electron chi connectivity index (χ1n) is 9.68. The third kappa shape index (κ3) is 4.26. The molecule has 1 aliphatic rings. The van der Waals surface area contributed by atoms with E-state index in [4.69, 9.17) is 0 Å². The van der Waals surface area contributed by atoms with E-state index in [9.17, 15) is 4.79 Å². The van der Waals surface area contributed by atoms with E-state index in [1.54, 1.807) is 0 Å². The summed E-state index contributed by atoms with van der Waals surface area (Å²) in [6, 6.07) is 6.42. The molecule has 5 heteroatoms. The highest BCUT2D eigenvalue weighted by Crippen LogP contribution is 2.27. The van der Waals surface area contributed by atoms with E-state index in [0.29, 0.717) is 12.5 Å². The van der Waals surface area contributed by atoms with Gasteiger partial charge in [0, 0.05) is 32.4 Å². The number of benzene rings is 1. The Morgan fingerprint density at radius 2 is 1.92 bits per heavy atom. The number of aromatic nitrogens is 2. The number of likely N-dealkylation sites (tertiary alicyclic amines) is 1. The van der Waals surface area contributed by atoms with Crippen LogP contribution in [0.5, 0.6) is 0 Å². The van der Waals surface area contributed by atoms with Gasteiger partial charge in [-0.2, -0.15) is 5.10 Å². The zero-order valence-corrected chi connectivity index (χ0v) is 16.2. The second-order valence-electron chi connectivity index (χ2n) is 7.24. The van der Waals surface area contributed by atoms with E-state index in [2.05, 4.69) is 55.6 Å². The molecule has 26 heavy (non-hydrogen) atoms. The van der Waals surface area contributed by atoms with Crippen molar-refractivity contribution >= 4 is 6.03 Å². The third-order valence-electron chi connectivity index (χ3n) is 5.53. The molecule has 1 aliphatic heterocycles. The number of piperidine rings is 1. The molecule has 0 radical (unpaired) electrons. The molecule has 0 spiro atoms. The summed E-state index contributed by atoms with van der Waals surface area (Å²) in [5.41, 5.74) is 5.25. The normalized spacial score (nSPS) is 15.3. The van der Waals surface area contributed by atoms with Crippen molar-refractivity contribution in [2.75, 3.05) is 19.6 Å². The molecule has 2 aromatic rings.